The SMILES string of the molecule is C=CC/N=C/C(C)(C)C. The highest BCUT2D eigenvalue weighted by atomic mass is 14.7. The van der Waals surface area contributed by atoms with Crippen molar-refractivity contribution in [2.45, 2.75) is 20.8 Å². The fourth-order valence-corrected chi connectivity index (χ4v) is 0.401. The molecule has 0 atom stereocenters. The molecule has 0 saturated carbocycles. The van der Waals surface area contributed by atoms with Crippen LogP contribution in [0.5, 0.6) is 0 Å². The second-order valence-corrected chi connectivity index (χ2v) is 3.15. The molecular weight excluding hydrogens is 110 g/mol. The number of nitrogens with zero attached hydrogens (tertiary/aromatic N) is 1. The van der Waals surface area contributed by atoms with Crippen LogP contribution < -0.4 is 0 Å². The lowest BCUT2D eigenvalue weighted by Crippen LogP contribution is -2.05. The molecule has 0 unspecified atom stereocenters. The minimum atomic E-state index is 0.211. The summed E-state index contributed by atoms with van der Waals surface area (Å²) >= 11 is 0. The Bertz CT molecular complexity index is 106. The van der Waals surface area contributed by atoms with Crippen LogP contribution in [-0.2, 0) is 0 Å². The van der Waals surface area contributed by atoms with Gasteiger partial charge in [0, 0.05) is 6.21 Å². The second-order valence-electron chi connectivity index (χ2n) is 3.15. The van der Waals surface area contributed by atoms with Crippen LogP contribution in [0.4, 0.5) is 0 Å². The van der Waals surface area contributed by atoms with Crippen LogP contribution in [0, 0.1) is 5.41 Å². The van der Waals surface area contributed by atoms with Crippen LogP contribution in [0.3, 0.4) is 0 Å². The molecule has 0 spiro atoms. The molecule has 0 aliphatic rings. The summed E-state index contributed by atoms with van der Waals surface area (Å²) in [7, 11) is 0. The average Bonchev–Trinajstić information content (AvgIpc) is 1.63. The lowest BCUT2D eigenvalue weighted by atomic mass is 9.99. The zero-order chi connectivity index (χ0) is 7.33. The van der Waals surface area contributed by atoms with Gasteiger partial charge in [-0.1, -0.05) is 26.8 Å². The fourth-order valence-electron chi connectivity index (χ4n) is 0.401. The molecule has 0 saturated heterocycles. The van der Waals surface area contributed by atoms with Crippen LogP contribution in [0.25, 0.3) is 0 Å². The molecule has 0 bridgehead atoms. The normalized spacial score (nSPS) is 12.3. The first-order valence-corrected chi connectivity index (χ1v) is 3.18. The van der Waals surface area contributed by atoms with E-state index in [1.54, 1.807) is 6.08 Å². The summed E-state index contributed by atoms with van der Waals surface area (Å²) in [5.41, 5.74) is 0.211. The Morgan fingerprint density at radius 3 is 2.33 bits per heavy atom. The van der Waals surface area contributed by atoms with Crippen LogP contribution in [0.2, 0.25) is 0 Å². The van der Waals surface area contributed by atoms with Crippen molar-refractivity contribution in [1.82, 2.24) is 0 Å². The molecule has 0 fully saturated rings. The second kappa shape index (κ2) is 3.44. The lowest BCUT2D eigenvalue weighted by Gasteiger charge is -2.08. The molecule has 0 aromatic carbocycles. The van der Waals surface area contributed by atoms with Crippen LogP contribution in [0.15, 0.2) is 17.6 Å². The van der Waals surface area contributed by atoms with Gasteiger partial charge in [0.1, 0.15) is 0 Å². The third kappa shape index (κ3) is 7.41. The van der Waals surface area contributed by atoms with Crippen molar-refractivity contribution in [3.8, 4) is 0 Å². The fraction of sp³-hybridized carbons (Fsp3) is 0.625. The van der Waals surface area contributed by atoms with E-state index in [1.807, 2.05) is 6.21 Å². The van der Waals surface area contributed by atoms with Gasteiger partial charge in [-0.15, -0.1) is 6.58 Å². The van der Waals surface area contributed by atoms with Gasteiger partial charge in [-0.25, -0.2) is 0 Å². The number of aliphatic imine (C=N–C) groups is 1. The summed E-state index contributed by atoms with van der Waals surface area (Å²) in [6.45, 7) is 10.7. The summed E-state index contributed by atoms with van der Waals surface area (Å²) in [5, 5.41) is 0. The van der Waals surface area contributed by atoms with Gasteiger partial charge in [-0.2, -0.15) is 0 Å². The summed E-state index contributed by atoms with van der Waals surface area (Å²) in [5.74, 6) is 0. The highest BCUT2D eigenvalue weighted by Gasteiger charge is 2.03. The topological polar surface area (TPSA) is 12.4 Å². The monoisotopic (exact) mass is 125 g/mol. The van der Waals surface area contributed by atoms with Crippen molar-refractivity contribution >= 4 is 6.21 Å². The molecule has 0 radical (unpaired) electrons. The van der Waals surface area contributed by atoms with Gasteiger partial charge < -0.3 is 0 Å². The van der Waals surface area contributed by atoms with E-state index in [0.29, 0.717) is 0 Å². The number of rotatable bonds is 2. The first kappa shape index (κ1) is 8.41. The molecule has 0 aliphatic heterocycles. The van der Waals surface area contributed by atoms with Gasteiger partial charge in [0.2, 0.25) is 0 Å². The molecule has 52 valence electrons. The van der Waals surface area contributed by atoms with Crippen LogP contribution in [0.1, 0.15) is 20.8 Å². The van der Waals surface area contributed by atoms with E-state index in [2.05, 4.69) is 32.3 Å². The summed E-state index contributed by atoms with van der Waals surface area (Å²) in [4.78, 5) is 4.12. The van der Waals surface area contributed by atoms with Crippen molar-refractivity contribution in [3.05, 3.63) is 12.7 Å². The predicted octanol–water partition coefficient (Wildman–Crippen LogP) is 2.29. The summed E-state index contributed by atoms with van der Waals surface area (Å²) in [6.07, 6.45) is 3.75. The maximum absolute atomic E-state index is 4.12. The Kier molecular flexibility index (Phi) is 3.21. The van der Waals surface area contributed by atoms with E-state index in [4.69, 9.17) is 0 Å². The van der Waals surface area contributed by atoms with E-state index < -0.39 is 0 Å². The van der Waals surface area contributed by atoms with E-state index in [9.17, 15) is 0 Å². The quantitative estimate of drug-likeness (QED) is 0.396. The highest BCUT2D eigenvalue weighted by molar-refractivity contribution is 5.63. The minimum absolute atomic E-state index is 0.211. The smallest absolute Gasteiger partial charge is 0.0564 e. The molecule has 0 rings (SSSR count). The highest BCUT2D eigenvalue weighted by Crippen LogP contribution is 2.07. The molecule has 1 nitrogen and oxygen atoms in total. The summed E-state index contributed by atoms with van der Waals surface area (Å²) < 4.78 is 0. The Morgan fingerprint density at radius 2 is 2.00 bits per heavy atom. The molecule has 0 amide bonds. The van der Waals surface area contributed by atoms with E-state index in [0.717, 1.165) is 6.54 Å². The molecule has 0 heterocycles. The standard InChI is InChI=1S/C8H15N/c1-5-6-9-7-8(2,3)4/h5,7H,1,6H2,2-4H3/b9-7+. The zero-order valence-electron chi connectivity index (χ0n) is 6.52. The predicted molar refractivity (Wildman–Crippen MR) is 43.0 cm³/mol. The Morgan fingerprint density at radius 1 is 1.44 bits per heavy atom. The van der Waals surface area contributed by atoms with Crippen LogP contribution >= 0.6 is 0 Å². The first-order valence-electron chi connectivity index (χ1n) is 3.18. The van der Waals surface area contributed by atoms with Gasteiger partial charge >= 0.3 is 0 Å². The minimum Gasteiger partial charge on any atom is -0.293 e. The van der Waals surface area contributed by atoms with Crippen molar-refractivity contribution in [2.75, 3.05) is 6.54 Å². The molecule has 0 N–H and O–H groups in total. The number of hydrogen-bond acceptors (Lipinski definition) is 1. The molecule has 1 heteroatoms. The Labute approximate surface area is 57.5 Å². The van der Waals surface area contributed by atoms with Gasteiger partial charge in [-0.05, 0) is 5.41 Å². The maximum atomic E-state index is 4.12. The van der Waals surface area contributed by atoms with Crippen molar-refractivity contribution in [2.24, 2.45) is 10.4 Å². The molecular formula is C8H15N. The van der Waals surface area contributed by atoms with Gasteiger partial charge in [0.15, 0.2) is 0 Å². The molecule has 0 aromatic rings. The third-order valence-electron chi connectivity index (χ3n) is 0.713. The van der Waals surface area contributed by atoms with Gasteiger partial charge in [0.05, 0.1) is 6.54 Å². The van der Waals surface area contributed by atoms with Crippen molar-refractivity contribution < 1.29 is 0 Å². The van der Waals surface area contributed by atoms with E-state index in [-0.39, 0.29) is 5.41 Å². The average molecular weight is 125 g/mol. The Balaban J connectivity index is 3.57. The van der Waals surface area contributed by atoms with Gasteiger partial charge in [0.25, 0.3) is 0 Å². The first-order chi connectivity index (χ1) is 4.06. The molecule has 9 heavy (non-hydrogen) atoms. The van der Waals surface area contributed by atoms with E-state index >= 15 is 0 Å². The molecule has 0 aromatic heterocycles. The molecule has 0 aliphatic carbocycles. The largest absolute Gasteiger partial charge is 0.293 e. The van der Waals surface area contributed by atoms with Gasteiger partial charge in [-0.3, -0.25) is 4.99 Å². The Hall–Kier alpha value is -0.590. The number of hydrogen-bond donors (Lipinski definition) is 0. The van der Waals surface area contributed by atoms with Crippen molar-refractivity contribution in [3.63, 3.8) is 0 Å². The third-order valence-corrected chi connectivity index (χ3v) is 0.713. The zero-order valence-corrected chi connectivity index (χ0v) is 6.52. The van der Waals surface area contributed by atoms with Crippen molar-refractivity contribution in [1.29, 1.82) is 0 Å². The maximum Gasteiger partial charge on any atom is 0.0564 e. The lowest BCUT2D eigenvalue weighted by molar-refractivity contribution is 0.605. The summed E-state index contributed by atoms with van der Waals surface area (Å²) in [6, 6.07) is 0. The van der Waals surface area contributed by atoms with E-state index in [1.165, 1.54) is 0 Å². The van der Waals surface area contributed by atoms with Crippen LogP contribution in [-0.4, -0.2) is 12.8 Å².